The van der Waals surface area contributed by atoms with E-state index in [0.29, 0.717) is 0 Å². The summed E-state index contributed by atoms with van der Waals surface area (Å²) in [6, 6.07) is 6.69. The quantitative estimate of drug-likeness (QED) is 0.467. The standard InChI is InChI=1S/C12H5BrN6O3/c13-8-1-6(12(17)20)2-10(19(21)22)11(8)18-9(5-16)7(3-14)4-15/h1-2,18H,(H2,17,20). The lowest BCUT2D eigenvalue weighted by atomic mass is 10.1. The van der Waals surface area contributed by atoms with E-state index in [4.69, 9.17) is 21.5 Å². The van der Waals surface area contributed by atoms with Crippen molar-refractivity contribution < 1.29 is 9.72 Å². The maximum absolute atomic E-state index is 11.1. The van der Waals surface area contributed by atoms with Gasteiger partial charge in [0.25, 0.3) is 5.69 Å². The van der Waals surface area contributed by atoms with Crippen molar-refractivity contribution in [3.05, 3.63) is 43.6 Å². The fourth-order valence-corrected chi connectivity index (χ4v) is 1.96. The number of amides is 1. The van der Waals surface area contributed by atoms with Crippen molar-refractivity contribution in [3.8, 4) is 18.2 Å². The van der Waals surface area contributed by atoms with Crippen molar-refractivity contribution in [1.82, 2.24) is 0 Å². The fraction of sp³-hybridized carbons (Fsp3) is 0. The first-order valence-electron chi connectivity index (χ1n) is 5.35. The minimum Gasteiger partial charge on any atom is -0.366 e. The number of halogens is 1. The van der Waals surface area contributed by atoms with E-state index >= 15 is 0 Å². The number of hydrogen-bond acceptors (Lipinski definition) is 7. The second-order valence-electron chi connectivity index (χ2n) is 3.68. The molecular weight excluding hydrogens is 356 g/mol. The monoisotopic (exact) mass is 360 g/mol. The Morgan fingerprint density at radius 3 is 2.27 bits per heavy atom. The van der Waals surface area contributed by atoms with Crippen LogP contribution in [0, 0.1) is 44.1 Å². The molecule has 0 fully saturated rings. The highest BCUT2D eigenvalue weighted by Gasteiger charge is 2.22. The molecule has 0 saturated carbocycles. The zero-order valence-corrected chi connectivity index (χ0v) is 12.2. The van der Waals surface area contributed by atoms with Crippen LogP contribution in [0.3, 0.4) is 0 Å². The highest BCUT2D eigenvalue weighted by Crippen LogP contribution is 2.35. The summed E-state index contributed by atoms with van der Waals surface area (Å²) >= 11 is 3.01. The zero-order valence-electron chi connectivity index (χ0n) is 10.6. The molecule has 1 rings (SSSR count). The van der Waals surface area contributed by atoms with Crippen LogP contribution in [0.4, 0.5) is 11.4 Å². The maximum atomic E-state index is 11.1. The van der Waals surface area contributed by atoms with Gasteiger partial charge in [0.05, 0.1) is 4.92 Å². The molecule has 0 heterocycles. The van der Waals surface area contributed by atoms with Crippen LogP contribution in [0.25, 0.3) is 0 Å². The predicted molar refractivity (Wildman–Crippen MR) is 76.8 cm³/mol. The molecule has 0 aliphatic heterocycles. The molecule has 1 amide bonds. The summed E-state index contributed by atoms with van der Waals surface area (Å²) in [5, 5.41) is 39.9. The number of benzene rings is 1. The number of nitriles is 3. The van der Waals surface area contributed by atoms with Crippen LogP contribution in [0.1, 0.15) is 10.4 Å². The number of hydrogen-bond donors (Lipinski definition) is 2. The third-order valence-corrected chi connectivity index (χ3v) is 3.01. The summed E-state index contributed by atoms with van der Waals surface area (Å²) in [6.45, 7) is 0. The lowest BCUT2D eigenvalue weighted by Crippen LogP contribution is -2.12. The van der Waals surface area contributed by atoms with Crippen molar-refractivity contribution in [2.45, 2.75) is 0 Å². The second-order valence-corrected chi connectivity index (χ2v) is 4.54. The number of nitrogens with zero attached hydrogens (tertiary/aromatic N) is 4. The van der Waals surface area contributed by atoms with Gasteiger partial charge in [-0.1, -0.05) is 0 Å². The molecule has 0 saturated heterocycles. The molecule has 0 unspecified atom stereocenters. The molecule has 0 atom stereocenters. The van der Waals surface area contributed by atoms with Gasteiger partial charge in [-0.25, -0.2) is 0 Å². The molecule has 0 aliphatic rings. The number of anilines is 1. The van der Waals surface area contributed by atoms with Crippen molar-refractivity contribution in [3.63, 3.8) is 0 Å². The van der Waals surface area contributed by atoms with Gasteiger partial charge in [-0.15, -0.1) is 0 Å². The third-order valence-electron chi connectivity index (χ3n) is 2.39. The van der Waals surface area contributed by atoms with Gasteiger partial charge in [-0.3, -0.25) is 14.9 Å². The van der Waals surface area contributed by atoms with Gasteiger partial charge in [-0.2, -0.15) is 15.8 Å². The molecule has 0 bridgehead atoms. The van der Waals surface area contributed by atoms with Crippen LogP contribution in [0.15, 0.2) is 27.9 Å². The Bertz CT molecular complexity index is 809. The summed E-state index contributed by atoms with van der Waals surface area (Å²) in [7, 11) is 0. The summed E-state index contributed by atoms with van der Waals surface area (Å²) in [6.07, 6.45) is 0. The number of primary amides is 1. The highest BCUT2D eigenvalue weighted by molar-refractivity contribution is 9.10. The number of nitro benzene ring substituents is 1. The van der Waals surface area contributed by atoms with E-state index < -0.39 is 27.8 Å². The van der Waals surface area contributed by atoms with Crippen LogP contribution in [-0.4, -0.2) is 10.8 Å². The number of nitrogens with two attached hydrogens (primary N) is 1. The van der Waals surface area contributed by atoms with Crippen LogP contribution in [0.5, 0.6) is 0 Å². The number of rotatable bonds is 4. The number of carbonyl (C=O) groups excluding carboxylic acids is 1. The van der Waals surface area contributed by atoms with Gasteiger partial charge >= 0.3 is 0 Å². The number of nitro groups is 1. The van der Waals surface area contributed by atoms with Crippen molar-refractivity contribution >= 4 is 33.2 Å². The molecule has 3 N–H and O–H groups in total. The number of carbonyl (C=O) groups is 1. The van der Waals surface area contributed by atoms with E-state index in [-0.39, 0.29) is 15.7 Å². The molecular formula is C12H5BrN6O3. The Morgan fingerprint density at radius 2 is 1.86 bits per heavy atom. The van der Waals surface area contributed by atoms with E-state index in [9.17, 15) is 14.9 Å². The lowest BCUT2D eigenvalue weighted by molar-refractivity contribution is -0.384. The van der Waals surface area contributed by atoms with Gasteiger partial charge in [0.2, 0.25) is 5.91 Å². The summed E-state index contributed by atoms with van der Waals surface area (Å²) in [5.74, 6) is -0.874. The van der Waals surface area contributed by atoms with E-state index in [0.717, 1.165) is 6.07 Å². The van der Waals surface area contributed by atoms with Gasteiger partial charge < -0.3 is 11.1 Å². The van der Waals surface area contributed by atoms with Gasteiger partial charge in [0, 0.05) is 16.1 Å². The number of allylic oxidation sites excluding steroid dienone is 2. The summed E-state index contributed by atoms with van der Waals surface area (Å²) in [4.78, 5) is 21.4. The normalized spacial score (nSPS) is 8.82. The molecule has 9 nitrogen and oxygen atoms in total. The minimum atomic E-state index is -0.874. The first-order chi connectivity index (χ1) is 10.3. The molecule has 0 aromatic heterocycles. The third kappa shape index (κ3) is 3.37. The lowest BCUT2D eigenvalue weighted by Gasteiger charge is -2.09. The molecule has 22 heavy (non-hydrogen) atoms. The topological polar surface area (TPSA) is 170 Å². The minimum absolute atomic E-state index is 0.0680. The van der Waals surface area contributed by atoms with Gasteiger partial charge in [0.1, 0.15) is 29.6 Å². The van der Waals surface area contributed by atoms with Crippen molar-refractivity contribution in [2.24, 2.45) is 5.73 Å². The van der Waals surface area contributed by atoms with Crippen LogP contribution in [0.2, 0.25) is 0 Å². The Labute approximate surface area is 132 Å². The Hall–Kier alpha value is -3.42. The SMILES string of the molecule is N#CC(C#N)=C(C#N)Nc1c(Br)cc(C(N)=O)cc1[N+](=O)[O-]. The van der Waals surface area contributed by atoms with Crippen molar-refractivity contribution in [1.29, 1.82) is 15.8 Å². The van der Waals surface area contributed by atoms with Crippen LogP contribution >= 0.6 is 15.9 Å². The number of nitrogens with one attached hydrogen (secondary N) is 1. The molecule has 0 spiro atoms. The summed E-state index contributed by atoms with van der Waals surface area (Å²) < 4.78 is 0.0680. The Morgan fingerprint density at radius 1 is 1.27 bits per heavy atom. The largest absolute Gasteiger partial charge is 0.366 e. The van der Waals surface area contributed by atoms with E-state index in [2.05, 4.69) is 21.2 Å². The molecule has 0 aliphatic carbocycles. The highest BCUT2D eigenvalue weighted by atomic mass is 79.9. The van der Waals surface area contributed by atoms with Crippen LogP contribution in [-0.2, 0) is 0 Å². The molecule has 1 aromatic carbocycles. The average Bonchev–Trinajstić information content (AvgIpc) is 2.47. The Kier molecular flexibility index (Phi) is 5.17. The molecule has 0 radical (unpaired) electrons. The predicted octanol–water partition coefficient (Wildman–Crippen LogP) is 1.69. The van der Waals surface area contributed by atoms with Gasteiger partial charge in [0.15, 0.2) is 5.57 Å². The van der Waals surface area contributed by atoms with Gasteiger partial charge in [-0.05, 0) is 22.0 Å². The summed E-state index contributed by atoms with van der Waals surface area (Å²) in [5.41, 5.74) is 3.22. The second kappa shape index (κ2) is 6.84. The molecule has 10 heteroatoms. The average molecular weight is 361 g/mol. The molecule has 108 valence electrons. The molecule has 1 aromatic rings. The Balaban J connectivity index is 3.57. The smallest absolute Gasteiger partial charge is 0.294 e. The maximum Gasteiger partial charge on any atom is 0.294 e. The van der Waals surface area contributed by atoms with E-state index in [1.54, 1.807) is 6.07 Å². The van der Waals surface area contributed by atoms with E-state index in [1.165, 1.54) is 18.2 Å². The first-order valence-corrected chi connectivity index (χ1v) is 6.14. The first kappa shape index (κ1) is 16.6. The zero-order chi connectivity index (χ0) is 16.9. The fourth-order valence-electron chi connectivity index (χ4n) is 1.41. The van der Waals surface area contributed by atoms with Crippen molar-refractivity contribution in [2.75, 3.05) is 5.32 Å². The van der Waals surface area contributed by atoms with Crippen LogP contribution < -0.4 is 11.1 Å². The van der Waals surface area contributed by atoms with E-state index in [1.807, 2.05) is 0 Å².